The molecule has 2 heterocycles. The van der Waals surface area contributed by atoms with Crippen molar-refractivity contribution >= 4 is 13.6 Å². The van der Waals surface area contributed by atoms with Gasteiger partial charge >= 0.3 is 13.5 Å². The molecule has 1 fully saturated rings. The number of aromatic nitrogens is 2. The number of nitrogens with two attached hydrogens (primary N) is 1. The molecule has 0 spiro atoms. The molecule has 1 aliphatic heterocycles. The monoisotopic (exact) mass is 305 g/mol. The average molecular weight is 305 g/mol. The lowest BCUT2D eigenvalue weighted by Gasteiger charge is -2.15. The van der Waals surface area contributed by atoms with Crippen LogP contribution >= 0.6 is 7.82 Å². The predicted octanol–water partition coefficient (Wildman–Crippen LogP) is 0.267. The van der Waals surface area contributed by atoms with Crippen LogP contribution in [-0.2, 0) is 18.3 Å². The van der Waals surface area contributed by atoms with Crippen molar-refractivity contribution in [1.82, 2.24) is 9.55 Å². The molecular weight excluding hydrogens is 289 g/mol. The van der Waals surface area contributed by atoms with Gasteiger partial charge in [-0.05, 0) is 13.0 Å². The van der Waals surface area contributed by atoms with Gasteiger partial charge in [0.25, 0.3) is 0 Å². The van der Waals surface area contributed by atoms with Crippen molar-refractivity contribution in [2.45, 2.75) is 25.7 Å². The number of hydrogen-bond acceptors (Lipinski definition) is 7. The summed E-state index contributed by atoms with van der Waals surface area (Å²) in [6.07, 6.45) is 0.455. The van der Waals surface area contributed by atoms with Crippen molar-refractivity contribution in [3.63, 3.8) is 0 Å². The number of phosphoric ester groups is 1. The zero-order valence-corrected chi connectivity index (χ0v) is 11.7. The van der Waals surface area contributed by atoms with Crippen LogP contribution in [0.1, 0.15) is 19.6 Å². The molecule has 9 nitrogen and oxygen atoms in total. The average Bonchev–Trinajstić information content (AvgIpc) is 2.76. The second-order valence-corrected chi connectivity index (χ2v) is 5.59. The summed E-state index contributed by atoms with van der Waals surface area (Å²) in [5, 5.41) is 0. The van der Waals surface area contributed by atoms with Crippen molar-refractivity contribution in [3.05, 3.63) is 22.7 Å². The summed E-state index contributed by atoms with van der Waals surface area (Å²) in [6, 6.07) is 1.47. The lowest BCUT2D eigenvalue weighted by Crippen LogP contribution is -2.27. The zero-order valence-electron chi connectivity index (χ0n) is 10.8. The molecule has 112 valence electrons. The fraction of sp³-hybridized carbons (Fsp3) is 0.600. The highest BCUT2D eigenvalue weighted by Crippen LogP contribution is 2.46. The van der Waals surface area contributed by atoms with E-state index in [1.807, 2.05) is 0 Å². The first kappa shape index (κ1) is 15.1. The molecule has 0 amide bonds. The quantitative estimate of drug-likeness (QED) is 0.742. The van der Waals surface area contributed by atoms with Crippen LogP contribution < -0.4 is 11.4 Å². The Morgan fingerprint density at radius 2 is 2.45 bits per heavy atom. The van der Waals surface area contributed by atoms with Crippen LogP contribution in [0, 0.1) is 0 Å². The molecule has 1 saturated heterocycles. The highest BCUT2D eigenvalue weighted by atomic mass is 31.2. The molecular formula is C10H16N3O6P. The van der Waals surface area contributed by atoms with Crippen molar-refractivity contribution in [1.29, 1.82) is 0 Å². The Morgan fingerprint density at radius 3 is 3.10 bits per heavy atom. The summed E-state index contributed by atoms with van der Waals surface area (Å²) in [5.41, 5.74) is 4.85. The number of ether oxygens (including phenoxy) is 1. The SMILES string of the molecule is CCOP(=O)(O)O[C@@H]1CO[C@@H](n2ccc(N)nc2=O)C1. The van der Waals surface area contributed by atoms with Crippen molar-refractivity contribution in [3.8, 4) is 0 Å². The molecule has 0 bridgehead atoms. The van der Waals surface area contributed by atoms with Gasteiger partial charge in [-0.3, -0.25) is 13.6 Å². The first-order chi connectivity index (χ1) is 9.41. The lowest BCUT2D eigenvalue weighted by molar-refractivity contribution is 0.0424. The van der Waals surface area contributed by atoms with Crippen LogP contribution in [0.5, 0.6) is 0 Å². The normalized spacial score (nSPS) is 25.5. The second kappa shape index (κ2) is 6.02. The van der Waals surface area contributed by atoms with E-state index in [0.717, 1.165) is 0 Å². The number of rotatable bonds is 5. The van der Waals surface area contributed by atoms with E-state index in [1.165, 1.54) is 16.8 Å². The van der Waals surface area contributed by atoms with Gasteiger partial charge in [0.1, 0.15) is 12.0 Å². The minimum atomic E-state index is -4.08. The van der Waals surface area contributed by atoms with E-state index in [1.54, 1.807) is 6.92 Å². The number of anilines is 1. The minimum absolute atomic E-state index is 0.0616. The first-order valence-corrected chi connectivity index (χ1v) is 7.53. The summed E-state index contributed by atoms with van der Waals surface area (Å²) < 4.78 is 27.7. The van der Waals surface area contributed by atoms with Crippen molar-refractivity contribution in [2.24, 2.45) is 0 Å². The Bertz CT molecular complexity index is 576. The van der Waals surface area contributed by atoms with Gasteiger partial charge in [-0.2, -0.15) is 4.98 Å². The summed E-state index contributed by atoms with van der Waals surface area (Å²) in [4.78, 5) is 24.6. The standard InChI is InChI=1S/C10H16N3O6P/c1-2-18-20(15,16)19-7-5-9(17-6-7)13-4-3-8(11)12-10(13)14/h3-4,7,9H,2,5-6H2,1H3,(H,15,16)(H2,11,12,14)/t7-,9+/m0/s1. The highest BCUT2D eigenvalue weighted by Gasteiger charge is 2.34. The van der Waals surface area contributed by atoms with E-state index in [9.17, 15) is 14.3 Å². The fourth-order valence-electron chi connectivity index (χ4n) is 1.87. The fourth-order valence-corrected chi connectivity index (χ4v) is 2.78. The predicted molar refractivity (Wildman–Crippen MR) is 68.8 cm³/mol. The summed E-state index contributed by atoms with van der Waals surface area (Å²) >= 11 is 0. The molecule has 1 unspecified atom stereocenters. The van der Waals surface area contributed by atoms with Gasteiger partial charge in [0.15, 0.2) is 0 Å². The van der Waals surface area contributed by atoms with Crippen LogP contribution in [-0.4, -0.2) is 33.8 Å². The molecule has 20 heavy (non-hydrogen) atoms. The summed E-state index contributed by atoms with van der Waals surface area (Å²) in [7, 11) is -4.08. The number of phosphoric acid groups is 1. The Balaban J connectivity index is 2.02. The molecule has 3 N–H and O–H groups in total. The topological polar surface area (TPSA) is 126 Å². The maximum absolute atomic E-state index is 11.6. The third-order valence-corrected chi connectivity index (χ3v) is 3.82. The summed E-state index contributed by atoms with van der Waals surface area (Å²) in [6.45, 7) is 1.73. The van der Waals surface area contributed by atoms with E-state index in [-0.39, 0.29) is 25.5 Å². The van der Waals surface area contributed by atoms with Crippen LogP contribution in [0.3, 0.4) is 0 Å². The number of hydrogen-bond donors (Lipinski definition) is 2. The largest absolute Gasteiger partial charge is 0.472 e. The molecule has 1 aromatic rings. The van der Waals surface area contributed by atoms with Crippen LogP contribution in [0.25, 0.3) is 0 Å². The van der Waals surface area contributed by atoms with Crippen LogP contribution in [0.2, 0.25) is 0 Å². The lowest BCUT2D eigenvalue weighted by atomic mass is 10.3. The third kappa shape index (κ3) is 3.65. The Hall–Kier alpha value is -1.25. The maximum atomic E-state index is 11.6. The first-order valence-electron chi connectivity index (χ1n) is 6.03. The number of nitrogen functional groups attached to an aromatic ring is 1. The maximum Gasteiger partial charge on any atom is 0.472 e. The molecule has 0 radical (unpaired) electrons. The molecule has 1 aromatic heterocycles. The molecule has 0 saturated carbocycles. The van der Waals surface area contributed by atoms with Gasteiger partial charge in [-0.25, -0.2) is 9.36 Å². The molecule has 3 atom stereocenters. The van der Waals surface area contributed by atoms with Gasteiger partial charge in [-0.1, -0.05) is 0 Å². The van der Waals surface area contributed by atoms with Crippen LogP contribution in [0.4, 0.5) is 5.82 Å². The van der Waals surface area contributed by atoms with E-state index in [4.69, 9.17) is 15.0 Å². The van der Waals surface area contributed by atoms with Gasteiger partial charge in [0, 0.05) is 12.6 Å². The molecule has 10 heteroatoms. The van der Waals surface area contributed by atoms with E-state index in [0.29, 0.717) is 0 Å². The van der Waals surface area contributed by atoms with Gasteiger partial charge in [-0.15, -0.1) is 0 Å². The summed E-state index contributed by atoms with van der Waals surface area (Å²) in [5.74, 6) is 0.119. The zero-order chi connectivity index (χ0) is 14.8. The smallest absolute Gasteiger partial charge is 0.383 e. The third-order valence-electron chi connectivity index (χ3n) is 2.68. The second-order valence-electron chi connectivity index (χ2n) is 4.18. The molecule has 2 rings (SSSR count). The van der Waals surface area contributed by atoms with E-state index in [2.05, 4.69) is 9.51 Å². The Labute approximate surface area is 114 Å². The number of nitrogens with zero attached hydrogens (tertiary/aromatic N) is 2. The van der Waals surface area contributed by atoms with Gasteiger partial charge < -0.3 is 15.4 Å². The van der Waals surface area contributed by atoms with Gasteiger partial charge in [0.2, 0.25) is 0 Å². The minimum Gasteiger partial charge on any atom is -0.383 e. The van der Waals surface area contributed by atoms with E-state index < -0.39 is 25.8 Å². The van der Waals surface area contributed by atoms with Crippen LogP contribution in [0.15, 0.2) is 17.1 Å². The Kier molecular flexibility index (Phi) is 4.56. The molecule has 0 aliphatic carbocycles. The molecule has 0 aromatic carbocycles. The highest BCUT2D eigenvalue weighted by molar-refractivity contribution is 7.47. The Morgan fingerprint density at radius 1 is 1.70 bits per heavy atom. The van der Waals surface area contributed by atoms with Crippen molar-refractivity contribution < 1.29 is 23.2 Å². The molecule has 1 aliphatic rings. The van der Waals surface area contributed by atoms with E-state index >= 15 is 0 Å². The van der Waals surface area contributed by atoms with Gasteiger partial charge in [0.05, 0.1) is 19.3 Å². The van der Waals surface area contributed by atoms with Crippen molar-refractivity contribution in [2.75, 3.05) is 18.9 Å².